The van der Waals surface area contributed by atoms with Gasteiger partial charge in [-0.3, -0.25) is 4.79 Å². The van der Waals surface area contributed by atoms with Gasteiger partial charge in [-0.15, -0.1) is 0 Å². The lowest BCUT2D eigenvalue weighted by Crippen LogP contribution is -2.49. The standard InChI is InChI=1S/C18H25NO3S/c1-5-22-16(20)18-10-11-19(23(21)17(2,3)4)15(18)12-13-8-6-7-9-14(13)18/h6-9,15H,5,10-12H2,1-4H3/t15-,18-,23-/m0/s1. The Kier molecular flexibility index (Phi) is 4.13. The second-order valence-electron chi connectivity index (χ2n) is 7.32. The van der Waals surface area contributed by atoms with Gasteiger partial charge in [0.2, 0.25) is 0 Å². The van der Waals surface area contributed by atoms with Gasteiger partial charge in [-0.05, 0) is 51.7 Å². The summed E-state index contributed by atoms with van der Waals surface area (Å²) in [5.74, 6) is -0.164. The van der Waals surface area contributed by atoms with Gasteiger partial charge in [0, 0.05) is 12.6 Å². The molecular formula is C18H25NO3S. The minimum absolute atomic E-state index is 0.0704. The van der Waals surface area contributed by atoms with E-state index in [0.717, 1.165) is 12.0 Å². The van der Waals surface area contributed by atoms with Crippen molar-refractivity contribution in [1.29, 1.82) is 0 Å². The van der Waals surface area contributed by atoms with Gasteiger partial charge in [-0.1, -0.05) is 24.3 Å². The number of hydrogen-bond donors (Lipinski definition) is 0. The molecule has 126 valence electrons. The highest BCUT2D eigenvalue weighted by Gasteiger charge is 2.60. The molecule has 0 N–H and O–H groups in total. The van der Waals surface area contributed by atoms with Gasteiger partial charge in [0.1, 0.15) is 16.4 Å². The summed E-state index contributed by atoms with van der Waals surface area (Å²) < 4.78 is 20.1. The highest BCUT2D eigenvalue weighted by molar-refractivity contribution is 7.84. The number of benzene rings is 1. The third kappa shape index (κ3) is 2.45. The average Bonchev–Trinajstić information content (AvgIpc) is 3.00. The highest BCUT2D eigenvalue weighted by atomic mass is 32.2. The number of carbonyl (C=O) groups excluding carboxylic acids is 1. The Bertz CT molecular complexity index is 652. The lowest BCUT2D eigenvalue weighted by Gasteiger charge is -2.33. The Morgan fingerprint density at radius 1 is 1.39 bits per heavy atom. The first-order valence-corrected chi connectivity index (χ1v) is 9.37. The van der Waals surface area contributed by atoms with Crippen LogP contribution in [-0.2, 0) is 32.4 Å². The van der Waals surface area contributed by atoms with E-state index in [1.165, 1.54) is 5.56 Å². The number of rotatable bonds is 3. The molecule has 4 nitrogen and oxygen atoms in total. The van der Waals surface area contributed by atoms with Crippen LogP contribution in [0.15, 0.2) is 24.3 Å². The van der Waals surface area contributed by atoms with Gasteiger partial charge in [0.25, 0.3) is 0 Å². The van der Waals surface area contributed by atoms with E-state index in [1.807, 2.05) is 50.2 Å². The number of fused-ring (bicyclic) bond motifs is 3. The van der Waals surface area contributed by atoms with Crippen molar-refractivity contribution in [1.82, 2.24) is 4.31 Å². The first kappa shape index (κ1) is 16.7. The zero-order chi connectivity index (χ0) is 16.8. The first-order valence-electron chi connectivity index (χ1n) is 8.26. The van der Waals surface area contributed by atoms with Crippen LogP contribution in [0.5, 0.6) is 0 Å². The van der Waals surface area contributed by atoms with E-state index >= 15 is 0 Å². The molecule has 1 saturated heterocycles. The summed E-state index contributed by atoms with van der Waals surface area (Å²) in [5, 5.41) is 0. The number of nitrogens with zero attached hydrogens (tertiary/aromatic N) is 1. The minimum atomic E-state index is -1.13. The van der Waals surface area contributed by atoms with E-state index in [-0.39, 0.29) is 16.8 Å². The second kappa shape index (κ2) is 5.71. The maximum absolute atomic E-state index is 13.0. The monoisotopic (exact) mass is 335 g/mol. The van der Waals surface area contributed by atoms with Crippen molar-refractivity contribution in [3.63, 3.8) is 0 Å². The maximum Gasteiger partial charge on any atom is 0.318 e. The zero-order valence-corrected chi connectivity index (χ0v) is 15.1. The molecule has 3 rings (SSSR count). The van der Waals surface area contributed by atoms with Crippen LogP contribution < -0.4 is 0 Å². The molecule has 0 amide bonds. The Labute approximate surface area is 140 Å². The van der Waals surface area contributed by atoms with E-state index in [2.05, 4.69) is 6.07 Å². The van der Waals surface area contributed by atoms with Crippen LogP contribution in [0.1, 0.15) is 45.2 Å². The molecule has 1 fully saturated rings. The molecule has 5 heteroatoms. The molecule has 1 aromatic rings. The van der Waals surface area contributed by atoms with Gasteiger partial charge in [-0.2, -0.15) is 0 Å². The maximum atomic E-state index is 13.0. The van der Waals surface area contributed by atoms with Gasteiger partial charge < -0.3 is 4.74 Å². The largest absolute Gasteiger partial charge is 0.465 e. The third-order valence-corrected chi connectivity index (χ3v) is 6.84. The third-order valence-electron chi connectivity index (χ3n) is 4.93. The summed E-state index contributed by atoms with van der Waals surface area (Å²) in [7, 11) is -1.13. The Hall–Kier alpha value is -1.20. The topological polar surface area (TPSA) is 46.6 Å². The summed E-state index contributed by atoms with van der Waals surface area (Å²) in [6.07, 6.45) is 1.44. The molecule has 2 aliphatic rings. The lowest BCUT2D eigenvalue weighted by molar-refractivity contribution is -0.150. The van der Waals surface area contributed by atoms with Crippen molar-refractivity contribution in [3.05, 3.63) is 35.4 Å². The number of carbonyl (C=O) groups is 1. The lowest BCUT2D eigenvalue weighted by atomic mass is 9.78. The molecule has 0 spiro atoms. The predicted octanol–water partition coefficient (Wildman–Crippen LogP) is 2.58. The fraction of sp³-hybridized carbons (Fsp3) is 0.611. The van der Waals surface area contributed by atoms with E-state index in [9.17, 15) is 9.00 Å². The summed E-state index contributed by atoms with van der Waals surface area (Å²) in [5.41, 5.74) is 1.59. The quantitative estimate of drug-likeness (QED) is 0.798. The van der Waals surface area contributed by atoms with Crippen LogP contribution in [-0.4, -0.2) is 38.4 Å². The van der Waals surface area contributed by atoms with Gasteiger partial charge in [-0.25, -0.2) is 8.51 Å². The number of ether oxygens (including phenoxy) is 1. The molecule has 23 heavy (non-hydrogen) atoms. The summed E-state index contributed by atoms with van der Waals surface area (Å²) >= 11 is 0. The van der Waals surface area contributed by atoms with E-state index < -0.39 is 16.4 Å². The summed E-state index contributed by atoms with van der Waals surface area (Å²) in [6, 6.07) is 8.02. The van der Waals surface area contributed by atoms with Gasteiger partial charge >= 0.3 is 5.97 Å². The summed E-state index contributed by atoms with van der Waals surface area (Å²) in [4.78, 5) is 12.9. The molecule has 0 aromatic heterocycles. The van der Waals surface area contributed by atoms with Crippen LogP contribution in [0.2, 0.25) is 0 Å². The van der Waals surface area contributed by atoms with Crippen molar-refractivity contribution < 1.29 is 13.7 Å². The van der Waals surface area contributed by atoms with Crippen LogP contribution in [0.25, 0.3) is 0 Å². The second-order valence-corrected chi connectivity index (χ2v) is 9.51. The number of esters is 1. The minimum Gasteiger partial charge on any atom is -0.465 e. The molecule has 1 aromatic carbocycles. The van der Waals surface area contributed by atoms with E-state index in [0.29, 0.717) is 19.6 Å². The van der Waals surface area contributed by atoms with Crippen molar-refractivity contribution in [3.8, 4) is 0 Å². The Balaban J connectivity index is 2.05. The predicted molar refractivity (Wildman–Crippen MR) is 91.5 cm³/mol. The normalized spacial score (nSPS) is 28.3. The van der Waals surface area contributed by atoms with Crippen molar-refractivity contribution in [2.24, 2.45) is 0 Å². The van der Waals surface area contributed by atoms with Crippen molar-refractivity contribution in [2.45, 2.75) is 56.7 Å². The van der Waals surface area contributed by atoms with Gasteiger partial charge in [0.05, 0.1) is 11.4 Å². The molecule has 1 aliphatic heterocycles. The molecule has 0 bridgehead atoms. The first-order chi connectivity index (χ1) is 10.8. The molecule has 1 aliphatic carbocycles. The molecule has 1 heterocycles. The van der Waals surface area contributed by atoms with E-state index in [4.69, 9.17) is 4.74 Å². The fourth-order valence-electron chi connectivity index (χ4n) is 3.95. The fourth-order valence-corrected chi connectivity index (χ4v) is 5.39. The molecule has 3 atom stereocenters. The smallest absolute Gasteiger partial charge is 0.318 e. The van der Waals surface area contributed by atoms with Crippen LogP contribution >= 0.6 is 0 Å². The van der Waals surface area contributed by atoms with Crippen molar-refractivity contribution >= 4 is 17.0 Å². The Morgan fingerprint density at radius 3 is 2.74 bits per heavy atom. The molecule has 0 saturated carbocycles. The Morgan fingerprint density at radius 2 is 2.09 bits per heavy atom. The molecule has 0 radical (unpaired) electrons. The number of hydrogen-bond acceptors (Lipinski definition) is 3. The molecular weight excluding hydrogens is 310 g/mol. The van der Waals surface area contributed by atoms with Crippen LogP contribution in [0.3, 0.4) is 0 Å². The van der Waals surface area contributed by atoms with Gasteiger partial charge in [0.15, 0.2) is 0 Å². The van der Waals surface area contributed by atoms with Crippen LogP contribution in [0.4, 0.5) is 0 Å². The zero-order valence-electron chi connectivity index (χ0n) is 14.3. The summed E-state index contributed by atoms with van der Waals surface area (Å²) in [6.45, 7) is 8.82. The van der Waals surface area contributed by atoms with Crippen molar-refractivity contribution in [2.75, 3.05) is 13.2 Å². The van der Waals surface area contributed by atoms with E-state index in [1.54, 1.807) is 0 Å². The molecule has 0 unspecified atom stereocenters. The SMILES string of the molecule is CCOC(=O)[C@]12CCN([S@@](=O)C(C)(C)C)[C@H]1Cc1ccccc12. The van der Waals surface area contributed by atoms with Crippen LogP contribution in [0, 0.1) is 0 Å². The highest BCUT2D eigenvalue weighted by Crippen LogP contribution is 2.50. The average molecular weight is 335 g/mol.